The molecule has 0 bridgehead atoms. The van der Waals surface area contributed by atoms with Gasteiger partial charge in [0.05, 0.1) is 11.5 Å². The smallest absolute Gasteiger partial charge is 0.227 e. The number of hydrogen-bond donors (Lipinski definition) is 3. The molecular formula is C16H32N2O2. The van der Waals surface area contributed by atoms with Crippen LogP contribution in [0, 0.1) is 17.3 Å². The number of amides is 1. The van der Waals surface area contributed by atoms with Gasteiger partial charge in [0.2, 0.25) is 5.91 Å². The summed E-state index contributed by atoms with van der Waals surface area (Å²) in [4.78, 5) is 12.5. The second-order valence-corrected chi connectivity index (χ2v) is 6.52. The van der Waals surface area contributed by atoms with Gasteiger partial charge in [-0.3, -0.25) is 4.79 Å². The van der Waals surface area contributed by atoms with Crippen molar-refractivity contribution in [1.29, 1.82) is 0 Å². The summed E-state index contributed by atoms with van der Waals surface area (Å²) < 4.78 is 0. The molecule has 0 aromatic rings. The number of rotatable bonds is 7. The Morgan fingerprint density at radius 1 is 1.35 bits per heavy atom. The van der Waals surface area contributed by atoms with E-state index in [0.717, 1.165) is 38.5 Å². The van der Waals surface area contributed by atoms with Crippen LogP contribution in [-0.4, -0.2) is 30.2 Å². The van der Waals surface area contributed by atoms with Crippen molar-refractivity contribution in [2.75, 3.05) is 13.1 Å². The van der Waals surface area contributed by atoms with Gasteiger partial charge in [0.1, 0.15) is 0 Å². The number of aliphatic hydroxyl groups is 1. The third-order valence-corrected chi connectivity index (χ3v) is 5.17. The van der Waals surface area contributed by atoms with E-state index in [1.165, 1.54) is 0 Å². The Morgan fingerprint density at radius 3 is 2.35 bits per heavy atom. The van der Waals surface area contributed by atoms with E-state index in [4.69, 9.17) is 5.73 Å². The molecule has 4 heteroatoms. The average molecular weight is 284 g/mol. The molecule has 1 rings (SSSR count). The Kier molecular flexibility index (Phi) is 6.96. The predicted octanol–water partition coefficient (Wildman–Crippen LogP) is 2.05. The van der Waals surface area contributed by atoms with Gasteiger partial charge in [-0.05, 0) is 37.5 Å². The molecule has 0 aromatic heterocycles. The van der Waals surface area contributed by atoms with E-state index in [9.17, 15) is 9.90 Å². The van der Waals surface area contributed by atoms with E-state index >= 15 is 0 Å². The van der Waals surface area contributed by atoms with Gasteiger partial charge < -0.3 is 16.2 Å². The van der Waals surface area contributed by atoms with Crippen molar-refractivity contribution in [3.05, 3.63) is 0 Å². The minimum Gasteiger partial charge on any atom is -0.391 e. The topological polar surface area (TPSA) is 75.3 Å². The van der Waals surface area contributed by atoms with Crippen LogP contribution in [0.15, 0.2) is 0 Å². The van der Waals surface area contributed by atoms with Crippen molar-refractivity contribution >= 4 is 5.91 Å². The first-order chi connectivity index (χ1) is 9.49. The molecule has 0 radical (unpaired) electrons. The molecule has 118 valence electrons. The summed E-state index contributed by atoms with van der Waals surface area (Å²) in [5, 5.41) is 13.0. The monoisotopic (exact) mass is 284 g/mol. The number of aliphatic hydroxyl groups excluding tert-OH is 1. The van der Waals surface area contributed by atoms with Crippen LogP contribution in [0.3, 0.4) is 0 Å². The molecule has 1 aliphatic rings. The zero-order valence-electron chi connectivity index (χ0n) is 13.3. The molecule has 20 heavy (non-hydrogen) atoms. The molecule has 0 spiro atoms. The lowest BCUT2D eigenvalue weighted by molar-refractivity contribution is -0.133. The third kappa shape index (κ3) is 4.19. The third-order valence-electron chi connectivity index (χ3n) is 5.17. The van der Waals surface area contributed by atoms with Crippen molar-refractivity contribution in [2.24, 2.45) is 23.0 Å². The quantitative estimate of drug-likeness (QED) is 0.670. The van der Waals surface area contributed by atoms with Crippen molar-refractivity contribution in [2.45, 2.75) is 65.4 Å². The molecule has 1 fully saturated rings. The van der Waals surface area contributed by atoms with Gasteiger partial charge in [-0.1, -0.05) is 33.6 Å². The standard InChI is InChI=1S/C16H32N2O2/c1-4-13(5-2)14(19)10-18-15(20)16(11-17)8-6-12(3)7-9-16/h12-14,19H,4-11,17H2,1-3H3,(H,18,20). The maximum atomic E-state index is 12.5. The first-order valence-electron chi connectivity index (χ1n) is 8.15. The minimum atomic E-state index is -0.453. The SMILES string of the molecule is CCC(CC)C(O)CNC(=O)C1(CN)CCC(C)CC1. The fraction of sp³-hybridized carbons (Fsp3) is 0.938. The lowest BCUT2D eigenvalue weighted by Crippen LogP contribution is -2.50. The van der Waals surface area contributed by atoms with E-state index < -0.39 is 11.5 Å². The maximum absolute atomic E-state index is 12.5. The van der Waals surface area contributed by atoms with Crippen LogP contribution in [0.2, 0.25) is 0 Å². The predicted molar refractivity (Wildman–Crippen MR) is 82.2 cm³/mol. The zero-order valence-corrected chi connectivity index (χ0v) is 13.3. The van der Waals surface area contributed by atoms with Crippen molar-refractivity contribution < 1.29 is 9.90 Å². The van der Waals surface area contributed by atoms with Gasteiger partial charge in [-0.15, -0.1) is 0 Å². The highest BCUT2D eigenvalue weighted by Gasteiger charge is 2.39. The summed E-state index contributed by atoms with van der Waals surface area (Å²) in [6, 6.07) is 0. The van der Waals surface area contributed by atoms with Gasteiger partial charge in [-0.25, -0.2) is 0 Å². The van der Waals surface area contributed by atoms with E-state index in [0.29, 0.717) is 19.0 Å². The number of nitrogens with one attached hydrogen (secondary N) is 1. The summed E-state index contributed by atoms with van der Waals surface area (Å²) in [5.41, 5.74) is 5.48. The summed E-state index contributed by atoms with van der Waals surface area (Å²) in [7, 11) is 0. The maximum Gasteiger partial charge on any atom is 0.227 e. The zero-order chi connectivity index (χ0) is 15.2. The van der Waals surface area contributed by atoms with E-state index in [-0.39, 0.29) is 11.8 Å². The fourth-order valence-corrected chi connectivity index (χ4v) is 3.22. The normalized spacial score (nSPS) is 28.4. The van der Waals surface area contributed by atoms with Gasteiger partial charge in [0.25, 0.3) is 0 Å². The first-order valence-corrected chi connectivity index (χ1v) is 8.15. The first kappa shape index (κ1) is 17.4. The Bertz CT molecular complexity index is 295. The molecular weight excluding hydrogens is 252 g/mol. The highest BCUT2D eigenvalue weighted by Crippen LogP contribution is 2.38. The molecule has 4 nitrogen and oxygen atoms in total. The number of hydrogen-bond acceptors (Lipinski definition) is 3. The van der Waals surface area contributed by atoms with Crippen LogP contribution >= 0.6 is 0 Å². The lowest BCUT2D eigenvalue weighted by atomic mass is 9.70. The van der Waals surface area contributed by atoms with E-state index in [1.54, 1.807) is 0 Å². The highest BCUT2D eigenvalue weighted by atomic mass is 16.3. The van der Waals surface area contributed by atoms with Crippen LogP contribution in [0.4, 0.5) is 0 Å². The minimum absolute atomic E-state index is 0.0388. The second kappa shape index (κ2) is 7.99. The van der Waals surface area contributed by atoms with Crippen LogP contribution in [-0.2, 0) is 4.79 Å². The fourth-order valence-electron chi connectivity index (χ4n) is 3.22. The molecule has 1 amide bonds. The molecule has 0 saturated heterocycles. The lowest BCUT2D eigenvalue weighted by Gasteiger charge is -2.37. The molecule has 0 aromatic carbocycles. The molecule has 1 aliphatic carbocycles. The second-order valence-electron chi connectivity index (χ2n) is 6.52. The Labute approximate surface area is 123 Å². The van der Waals surface area contributed by atoms with Crippen LogP contribution in [0.25, 0.3) is 0 Å². The average Bonchev–Trinajstić information content (AvgIpc) is 2.47. The number of carbonyl (C=O) groups is 1. The summed E-state index contributed by atoms with van der Waals surface area (Å²) >= 11 is 0. The number of carbonyl (C=O) groups excluding carboxylic acids is 1. The highest BCUT2D eigenvalue weighted by molar-refractivity contribution is 5.83. The van der Waals surface area contributed by atoms with E-state index in [1.807, 2.05) is 0 Å². The van der Waals surface area contributed by atoms with Gasteiger partial charge in [0.15, 0.2) is 0 Å². The van der Waals surface area contributed by atoms with Crippen molar-refractivity contribution in [3.8, 4) is 0 Å². The Balaban J connectivity index is 2.52. The van der Waals surface area contributed by atoms with Crippen molar-refractivity contribution in [1.82, 2.24) is 5.32 Å². The van der Waals surface area contributed by atoms with Crippen LogP contribution in [0.1, 0.15) is 59.3 Å². The van der Waals surface area contributed by atoms with Crippen LogP contribution in [0.5, 0.6) is 0 Å². The number of nitrogens with two attached hydrogens (primary N) is 1. The van der Waals surface area contributed by atoms with Crippen molar-refractivity contribution in [3.63, 3.8) is 0 Å². The molecule has 1 unspecified atom stereocenters. The van der Waals surface area contributed by atoms with E-state index in [2.05, 4.69) is 26.1 Å². The molecule has 0 heterocycles. The largest absolute Gasteiger partial charge is 0.391 e. The Hall–Kier alpha value is -0.610. The summed E-state index contributed by atoms with van der Waals surface area (Å²) in [6.45, 7) is 7.14. The molecule has 1 saturated carbocycles. The Morgan fingerprint density at radius 2 is 1.90 bits per heavy atom. The van der Waals surface area contributed by atoms with Crippen LogP contribution < -0.4 is 11.1 Å². The molecule has 4 N–H and O–H groups in total. The summed E-state index contributed by atoms with van der Waals surface area (Å²) in [6.07, 6.45) is 5.31. The summed E-state index contributed by atoms with van der Waals surface area (Å²) in [5.74, 6) is 0.991. The van der Waals surface area contributed by atoms with Gasteiger partial charge in [0, 0.05) is 13.1 Å². The van der Waals surface area contributed by atoms with Gasteiger partial charge in [-0.2, -0.15) is 0 Å². The van der Waals surface area contributed by atoms with Gasteiger partial charge >= 0.3 is 0 Å². The molecule has 0 aliphatic heterocycles. The molecule has 1 atom stereocenters.